The van der Waals surface area contributed by atoms with E-state index in [1.165, 1.54) is 17.7 Å². The molecule has 2 aromatic rings. The molecular weight excluding hydrogens is 394 g/mol. The molecule has 0 bridgehead atoms. The Bertz CT molecular complexity index is 645. The highest BCUT2D eigenvalue weighted by atomic mass is 79.9. The SMILES string of the molecule is CNC(c1ncc(Br)cc1Br)C1CCCc2cccnc21. The minimum atomic E-state index is 0.168. The fourth-order valence-corrected chi connectivity index (χ4v) is 4.39. The van der Waals surface area contributed by atoms with Crippen LogP contribution in [-0.4, -0.2) is 17.0 Å². The van der Waals surface area contributed by atoms with E-state index in [-0.39, 0.29) is 6.04 Å². The summed E-state index contributed by atoms with van der Waals surface area (Å²) in [5.74, 6) is 0.366. The van der Waals surface area contributed by atoms with Crippen molar-refractivity contribution in [3.05, 3.63) is 56.5 Å². The van der Waals surface area contributed by atoms with Gasteiger partial charge in [-0.3, -0.25) is 9.97 Å². The molecule has 3 nitrogen and oxygen atoms in total. The van der Waals surface area contributed by atoms with Gasteiger partial charge >= 0.3 is 0 Å². The molecule has 0 saturated heterocycles. The van der Waals surface area contributed by atoms with Crippen molar-refractivity contribution in [1.29, 1.82) is 0 Å². The van der Waals surface area contributed by atoms with E-state index >= 15 is 0 Å². The average molecular weight is 411 g/mol. The Labute approximate surface area is 141 Å². The van der Waals surface area contributed by atoms with Gasteiger partial charge in [0.25, 0.3) is 0 Å². The molecule has 0 amide bonds. The molecule has 0 saturated carbocycles. The predicted octanol–water partition coefficient (Wildman–Crippen LogP) is 4.38. The Balaban J connectivity index is 2.01. The third-order valence-electron chi connectivity index (χ3n) is 4.08. The number of nitrogens with zero attached hydrogens (tertiary/aromatic N) is 2. The van der Waals surface area contributed by atoms with E-state index < -0.39 is 0 Å². The largest absolute Gasteiger partial charge is 0.311 e. The molecular formula is C16H17Br2N3. The van der Waals surface area contributed by atoms with Gasteiger partial charge in [0, 0.05) is 33.0 Å². The maximum absolute atomic E-state index is 4.65. The number of aryl methyl sites for hydroxylation is 1. The molecule has 1 aliphatic rings. The number of likely N-dealkylation sites (N-methyl/N-ethyl adjacent to an activating group) is 1. The zero-order chi connectivity index (χ0) is 14.8. The average Bonchev–Trinajstić information content (AvgIpc) is 2.50. The summed E-state index contributed by atoms with van der Waals surface area (Å²) >= 11 is 7.11. The van der Waals surface area contributed by atoms with Crippen molar-refractivity contribution < 1.29 is 0 Å². The van der Waals surface area contributed by atoms with Crippen molar-refractivity contribution in [3.8, 4) is 0 Å². The number of fused-ring (bicyclic) bond motifs is 1. The van der Waals surface area contributed by atoms with Gasteiger partial charge in [0.1, 0.15) is 0 Å². The van der Waals surface area contributed by atoms with Crippen LogP contribution < -0.4 is 5.32 Å². The predicted molar refractivity (Wildman–Crippen MR) is 91.4 cm³/mol. The van der Waals surface area contributed by atoms with Gasteiger partial charge in [-0.1, -0.05) is 6.07 Å². The molecule has 2 unspecified atom stereocenters. The van der Waals surface area contributed by atoms with E-state index in [9.17, 15) is 0 Å². The van der Waals surface area contributed by atoms with Gasteiger partial charge in [0.2, 0.25) is 0 Å². The maximum Gasteiger partial charge on any atom is 0.0722 e. The van der Waals surface area contributed by atoms with Gasteiger partial charge in [-0.2, -0.15) is 0 Å². The highest BCUT2D eigenvalue weighted by molar-refractivity contribution is 9.11. The molecule has 2 heterocycles. The van der Waals surface area contributed by atoms with E-state index in [0.29, 0.717) is 5.92 Å². The van der Waals surface area contributed by atoms with Crippen LogP contribution in [-0.2, 0) is 6.42 Å². The zero-order valence-electron chi connectivity index (χ0n) is 11.8. The minimum absolute atomic E-state index is 0.168. The lowest BCUT2D eigenvalue weighted by molar-refractivity contribution is 0.407. The first kappa shape index (κ1) is 15.1. The Morgan fingerprint density at radius 2 is 2.19 bits per heavy atom. The number of aromatic nitrogens is 2. The fourth-order valence-electron chi connectivity index (χ4n) is 3.15. The van der Waals surface area contributed by atoms with Crippen LogP contribution >= 0.6 is 31.9 Å². The third kappa shape index (κ3) is 3.05. The molecule has 1 N–H and O–H groups in total. The van der Waals surface area contributed by atoms with E-state index in [2.05, 4.69) is 59.3 Å². The molecule has 21 heavy (non-hydrogen) atoms. The smallest absolute Gasteiger partial charge is 0.0722 e. The monoisotopic (exact) mass is 409 g/mol. The minimum Gasteiger partial charge on any atom is -0.311 e. The van der Waals surface area contributed by atoms with Gasteiger partial charge in [0.15, 0.2) is 0 Å². The topological polar surface area (TPSA) is 37.8 Å². The summed E-state index contributed by atoms with van der Waals surface area (Å²) in [5, 5.41) is 3.44. The maximum atomic E-state index is 4.65. The van der Waals surface area contributed by atoms with Crippen molar-refractivity contribution >= 4 is 31.9 Å². The van der Waals surface area contributed by atoms with Crippen LogP contribution in [0, 0.1) is 0 Å². The summed E-state index contributed by atoms with van der Waals surface area (Å²) in [6.07, 6.45) is 7.22. The summed E-state index contributed by atoms with van der Waals surface area (Å²) in [5.41, 5.74) is 3.64. The molecule has 0 aliphatic heterocycles. The van der Waals surface area contributed by atoms with E-state index in [1.54, 1.807) is 0 Å². The second-order valence-electron chi connectivity index (χ2n) is 5.33. The second-order valence-corrected chi connectivity index (χ2v) is 7.10. The summed E-state index contributed by atoms with van der Waals surface area (Å²) in [7, 11) is 2.00. The van der Waals surface area contributed by atoms with E-state index in [4.69, 9.17) is 0 Å². The van der Waals surface area contributed by atoms with Crippen molar-refractivity contribution in [3.63, 3.8) is 0 Å². The molecule has 5 heteroatoms. The number of rotatable bonds is 3. The molecule has 0 aromatic carbocycles. The van der Waals surface area contributed by atoms with Crippen molar-refractivity contribution in [2.45, 2.75) is 31.2 Å². The van der Waals surface area contributed by atoms with Crippen LogP contribution in [0.2, 0.25) is 0 Å². The summed E-state index contributed by atoms with van der Waals surface area (Å²) in [6.45, 7) is 0. The van der Waals surface area contributed by atoms with Crippen molar-refractivity contribution in [2.24, 2.45) is 0 Å². The van der Waals surface area contributed by atoms with Crippen LogP contribution in [0.3, 0.4) is 0 Å². The Morgan fingerprint density at radius 3 is 2.95 bits per heavy atom. The molecule has 0 radical (unpaired) electrons. The molecule has 0 spiro atoms. The quantitative estimate of drug-likeness (QED) is 0.815. The third-order valence-corrected chi connectivity index (χ3v) is 5.15. The first-order valence-corrected chi connectivity index (χ1v) is 8.71. The van der Waals surface area contributed by atoms with E-state index in [1.807, 2.05) is 25.5 Å². The second kappa shape index (κ2) is 6.55. The summed E-state index contributed by atoms with van der Waals surface area (Å²) in [6, 6.07) is 6.45. The Hall–Kier alpha value is -0.780. The lowest BCUT2D eigenvalue weighted by Crippen LogP contribution is -2.28. The first-order chi connectivity index (χ1) is 10.2. The normalized spacial score (nSPS) is 19.1. The standard InChI is InChI=1S/C16H17Br2N3/c1-19-15(16-13(18)8-11(17)9-21-16)12-6-2-4-10-5-3-7-20-14(10)12/h3,5,7-9,12,15,19H,2,4,6H2,1H3. The van der Waals surface area contributed by atoms with Gasteiger partial charge < -0.3 is 5.32 Å². The molecule has 2 atom stereocenters. The molecule has 1 aliphatic carbocycles. The van der Waals surface area contributed by atoms with E-state index in [0.717, 1.165) is 27.5 Å². The van der Waals surface area contributed by atoms with Gasteiger partial charge in [-0.05, 0) is 75.9 Å². The first-order valence-electron chi connectivity index (χ1n) is 7.12. The number of nitrogens with one attached hydrogen (secondary N) is 1. The zero-order valence-corrected chi connectivity index (χ0v) is 15.0. The van der Waals surface area contributed by atoms with Crippen LogP contribution in [0.5, 0.6) is 0 Å². The van der Waals surface area contributed by atoms with Gasteiger partial charge in [-0.25, -0.2) is 0 Å². The molecule has 2 aromatic heterocycles. The lowest BCUT2D eigenvalue weighted by atomic mass is 9.81. The Kier molecular flexibility index (Phi) is 4.72. The number of hydrogen-bond acceptors (Lipinski definition) is 3. The highest BCUT2D eigenvalue weighted by Crippen LogP contribution is 2.40. The fraction of sp³-hybridized carbons (Fsp3) is 0.375. The van der Waals surface area contributed by atoms with Crippen molar-refractivity contribution in [2.75, 3.05) is 7.05 Å². The van der Waals surface area contributed by atoms with Crippen LogP contribution in [0.1, 0.15) is 41.8 Å². The molecule has 0 fully saturated rings. The number of hydrogen-bond donors (Lipinski definition) is 1. The molecule has 110 valence electrons. The van der Waals surface area contributed by atoms with Crippen molar-refractivity contribution in [1.82, 2.24) is 15.3 Å². The van der Waals surface area contributed by atoms with Crippen LogP contribution in [0.4, 0.5) is 0 Å². The summed E-state index contributed by atoms with van der Waals surface area (Å²) < 4.78 is 2.01. The lowest BCUT2D eigenvalue weighted by Gasteiger charge is -2.31. The van der Waals surface area contributed by atoms with Crippen LogP contribution in [0.15, 0.2) is 39.5 Å². The highest BCUT2D eigenvalue weighted by Gasteiger charge is 2.31. The Morgan fingerprint density at radius 1 is 1.33 bits per heavy atom. The van der Waals surface area contributed by atoms with Crippen LogP contribution in [0.25, 0.3) is 0 Å². The summed E-state index contributed by atoms with van der Waals surface area (Å²) in [4.78, 5) is 9.26. The number of halogens is 2. The van der Waals surface area contributed by atoms with Gasteiger partial charge in [0.05, 0.1) is 11.7 Å². The van der Waals surface area contributed by atoms with Gasteiger partial charge in [-0.15, -0.1) is 0 Å². The number of pyridine rings is 2. The molecule has 3 rings (SSSR count).